The largest absolute Gasteiger partial charge is 0.332 e. The number of anilines is 1. The Bertz CT molecular complexity index is 1120. The highest BCUT2D eigenvalue weighted by Gasteiger charge is 2.26. The van der Waals surface area contributed by atoms with Crippen molar-refractivity contribution in [3.8, 4) is 0 Å². The van der Waals surface area contributed by atoms with Gasteiger partial charge in [0, 0.05) is 20.6 Å². The molecule has 0 saturated heterocycles. The van der Waals surface area contributed by atoms with Crippen LogP contribution in [0.25, 0.3) is 11.2 Å². The molecule has 128 valence electrons. The first-order valence-corrected chi connectivity index (χ1v) is 8.09. The van der Waals surface area contributed by atoms with Crippen LogP contribution in [0.3, 0.4) is 0 Å². The Morgan fingerprint density at radius 2 is 1.80 bits per heavy atom. The molecule has 0 bridgehead atoms. The Labute approximate surface area is 143 Å². The Kier molecular flexibility index (Phi) is 3.34. The molecule has 1 aromatic carbocycles. The van der Waals surface area contributed by atoms with Crippen LogP contribution in [0, 0.1) is 0 Å². The molecule has 3 heterocycles. The molecule has 3 aromatic rings. The maximum absolute atomic E-state index is 12.7. The molecule has 1 aliphatic rings. The molecule has 25 heavy (non-hydrogen) atoms. The summed E-state index contributed by atoms with van der Waals surface area (Å²) in [5.41, 5.74) is 1.91. The molecule has 0 aliphatic carbocycles. The molecular weight excluding hydrogens is 320 g/mol. The van der Waals surface area contributed by atoms with Gasteiger partial charge in [-0.3, -0.25) is 18.5 Å². The van der Waals surface area contributed by atoms with Gasteiger partial charge in [0.2, 0.25) is 5.95 Å². The van der Waals surface area contributed by atoms with E-state index in [-0.39, 0.29) is 11.2 Å². The Morgan fingerprint density at radius 1 is 1.08 bits per heavy atom. The normalized spacial score (nSPS) is 13.9. The van der Waals surface area contributed by atoms with Gasteiger partial charge >= 0.3 is 5.69 Å². The number of hydrogen-bond acceptors (Lipinski definition) is 5. The number of aromatic nitrogens is 4. The van der Waals surface area contributed by atoms with Crippen molar-refractivity contribution in [1.82, 2.24) is 18.7 Å². The van der Waals surface area contributed by atoms with Crippen molar-refractivity contribution in [3.63, 3.8) is 0 Å². The lowest BCUT2D eigenvalue weighted by atomic mass is 10.1. The molecule has 0 fully saturated rings. The average molecular weight is 338 g/mol. The highest BCUT2D eigenvalue weighted by Crippen LogP contribution is 2.24. The van der Waals surface area contributed by atoms with Gasteiger partial charge in [0.25, 0.3) is 5.56 Å². The number of benzene rings is 1. The van der Waals surface area contributed by atoms with Crippen LogP contribution >= 0.6 is 0 Å². The summed E-state index contributed by atoms with van der Waals surface area (Å²) >= 11 is 0. The summed E-state index contributed by atoms with van der Waals surface area (Å²) in [6, 6.07) is 9.85. The number of fused-ring (bicyclic) bond motifs is 3. The Morgan fingerprint density at radius 3 is 2.48 bits per heavy atom. The summed E-state index contributed by atoms with van der Waals surface area (Å²) in [5.74, 6) is 0.579. The zero-order valence-corrected chi connectivity index (χ0v) is 14.3. The molecule has 1 aliphatic heterocycles. The Hall–Kier alpha value is -3.16. The number of aryl methyl sites for hydroxylation is 1. The average Bonchev–Trinajstić information content (AvgIpc) is 3.04. The summed E-state index contributed by atoms with van der Waals surface area (Å²) in [4.78, 5) is 29.4. The van der Waals surface area contributed by atoms with Crippen LogP contribution in [0.5, 0.6) is 0 Å². The third kappa shape index (κ3) is 2.14. The minimum absolute atomic E-state index is 0.345. The van der Waals surface area contributed by atoms with Gasteiger partial charge in [-0.2, -0.15) is 10.1 Å². The molecule has 0 radical (unpaired) electrons. The predicted molar refractivity (Wildman–Crippen MR) is 96.2 cm³/mol. The van der Waals surface area contributed by atoms with Crippen molar-refractivity contribution in [2.45, 2.75) is 13.5 Å². The molecule has 0 N–H and O–H groups in total. The van der Waals surface area contributed by atoms with Gasteiger partial charge in [0.1, 0.15) is 0 Å². The van der Waals surface area contributed by atoms with E-state index in [1.807, 2.05) is 41.8 Å². The number of hydrazone groups is 1. The van der Waals surface area contributed by atoms with Crippen LogP contribution < -0.4 is 16.3 Å². The lowest BCUT2D eigenvalue weighted by Gasteiger charge is -2.25. The van der Waals surface area contributed by atoms with Crippen LogP contribution in [0.1, 0.15) is 12.5 Å². The van der Waals surface area contributed by atoms with Gasteiger partial charge in [-0.1, -0.05) is 30.3 Å². The lowest BCUT2D eigenvalue weighted by Crippen LogP contribution is -2.38. The topological polar surface area (TPSA) is 77.4 Å². The smallest absolute Gasteiger partial charge is 0.297 e. The summed E-state index contributed by atoms with van der Waals surface area (Å²) in [5, 5.41) is 6.44. The SMILES string of the molecule is CCN1N=C(c2ccccc2)Cn2c1nc1c2c(=O)n(C)c(=O)n1C. The molecular formula is C17H18N6O2. The number of imidazole rings is 1. The highest BCUT2D eigenvalue weighted by atomic mass is 16.2. The molecule has 4 rings (SSSR count). The highest BCUT2D eigenvalue weighted by molar-refractivity contribution is 6.02. The van der Waals surface area contributed by atoms with Gasteiger partial charge < -0.3 is 0 Å². The van der Waals surface area contributed by atoms with Gasteiger partial charge in [0.05, 0.1) is 12.3 Å². The molecule has 2 aromatic heterocycles. The second kappa shape index (κ2) is 5.44. The zero-order chi connectivity index (χ0) is 17.7. The molecule has 0 saturated carbocycles. The molecule has 0 amide bonds. The Balaban J connectivity index is 2.01. The van der Waals surface area contributed by atoms with E-state index in [1.165, 1.54) is 11.6 Å². The van der Waals surface area contributed by atoms with E-state index in [1.54, 1.807) is 12.1 Å². The van der Waals surface area contributed by atoms with Gasteiger partial charge in [-0.05, 0) is 12.5 Å². The van der Waals surface area contributed by atoms with E-state index < -0.39 is 0 Å². The van der Waals surface area contributed by atoms with Crippen LogP contribution in [0.2, 0.25) is 0 Å². The minimum Gasteiger partial charge on any atom is -0.297 e. The van der Waals surface area contributed by atoms with Crippen LogP contribution in [0.4, 0.5) is 5.95 Å². The fraction of sp³-hybridized carbons (Fsp3) is 0.294. The van der Waals surface area contributed by atoms with Crippen molar-refractivity contribution < 1.29 is 0 Å². The zero-order valence-electron chi connectivity index (χ0n) is 14.3. The first kappa shape index (κ1) is 15.4. The van der Waals surface area contributed by atoms with Crippen molar-refractivity contribution >= 4 is 22.8 Å². The second-order valence-corrected chi connectivity index (χ2v) is 6.00. The second-order valence-electron chi connectivity index (χ2n) is 6.00. The van der Waals surface area contributed by atoms with Gasteiger partial charge in [0.15, 0.2) is 11.2 Å². The van der Waals surface area contributed by atoms with Crippen LogP contribution in [0.15, 0.2) is 45.0 Å². The molecule has 8 nitrogen and oxygen atoms in total. The van der Waals surface area contributed by atoms with E-state index >= 15 is 0 Å². The van der Waals surface area contributed by atoms with Gasteiger partial charge in [-0.15, -0.1) is 0 Å². The molecule has 8 heteroatoms. The maximum atomic E-state index is 12.7. The quantitative estimate of drug-likeness (QED) is 0.688. The summed E-state index contributed by atoms with van der Waals surface area (Å²) in [7, 11) is 3.11. The molecule has 0 spiro atoms. The van der Waals surface area contributed by atoms with Crippen molar-refractivity contribution in [3.05, 3.63) is 56.7 Å². The third-order valence-electron chi connectivity index (χ3n) is 4.51. The lowest BCUT2D eigenvalue weighted by molar-refractivity contribution is 0.701. The monoisotopic (exact) mass is 338 g/mol. The first-order valence-electron chi connectivity index (χ1n) is 8.09. The fourth-order valence-electron chi connectivity index (χ4n) is 3.15. The predicted octanol–water partition coefficient (Wildman–Crippen LogP) is 0.678. The van der Waals surface area contributed by atoms with Crippen LogP contribution in [-0.2, 0) is 20.6 Å². The number of nitrogens with zero attached hydrogens (tertiary/aromatic N) is 6. The van der Waals surface area contributed by atoms with E-state index in [9.17, 15) is 9.59 Å². The van der Waals surface area contributed by atoms with Crippen molar-refractivity contribution in [2.75, 3.05) is 11.6 Å². The minimum atomic E-state index is -0.389. The summed E-state index contributed by atoms with van der Waals surface area (Å²) < 4.78 is 4.36. The molecule has 0 atom stereocenters. The van der Waals surface area contributed by atoms with E-state index in [0.29, 0.717) is 30.2 Å². The van der Waals surface area contributed by atoms with Gasteiger partial charge in [-0.25, -0.2) is 9.80 Å². The first-order chi connectivity index (χ1) is 12.0. The van der Waals surface area contributed by atoms with E-state index in [4.69, 9.17) is 0 Å². The molecule has 0 unspecified atom stereocenters. The van der Waals surface area contributed by atoms with Crippen molar-refractivity contribution in [1.29, 1.82) is 0 Å². The number of hydrogen-bond donors (Lipinski definition) is 0. The van der Waals surface area contributed by atoms with E-state index in [2.05, 4.69) is 10.1 Å². The number of rotatable bonds is 2. The third-order valence-corrected chi connectivity index (χ3v) is 4.51. The summed E-state index contributed by atoms with van der Waals surface area (Å²) in [6.45, 7) is 3.01. The van der Waals surface area contributed by atoms with E-state index in [0.717, 1.165) is 15.8 Å². The maximum Gasteiger partial charge on any atom is 0.332 e. The standard InChI is InChI=1S/C17H18N6O2/c1-4-23-16-18-14-13(15(24)21(3)17(25)20(14)2)22(16)10-12(19-23)11-8-6-5-7-9-11/h5-9H,4,10H2,1-3H3. The van der Waals surface area contributed by atoms with Crippen molar-refractivity contribution in [2.24, 2.45) is 19.2 Å². The summed E-state index contributed by atoms with van der Waals surface area (Å²) in [6.07, 6.45) is 0. The van der Waals surface area contributed by atoms with Crippen LogP contribution in [-0.4, -0.2) is 30.9 Å². The fourth-order valence-corrected chi connectivity index (χ4v) is 3.15.